The van der Waals surface area contributed by atoms with Gasteiger partial charge < -0.3 is 10.1 Å². The largest absolute Gasteiger partial charge is 0.382 e. The zero-order chi connectivity index (χ0) is 12.7. The van der Waals surface area contributed by atoms with Crippen LogP contribution in [0.3, 0.4) is 0 Å². The average Bonchev–Trinajstić information content (AvgIpc) is 2.38. The van der Waals surface area contributed by atoms with E-state index in [4.69, 9.17) is 4.74 Å². The van der Waals surface area contributed by atoms with Gasteiger partial charge in [-0.1, -0.05) is 33.1 Å². The predicted octanol–water partition coefficient (Wildman–Crippen LogP) is 3.61. The van der Waals surface area contributed by atoms with Crippen LogP contribution in [0.4, 0.5) is 0 Å². The molecule has 0 saturated heterocycles. The van der Waals surface area contributed by atoms with Crippen molar-refractivity contribution in [2.45, 2.75) is 71.4 Å². The molecule has 1 N–H and O–H groups in total. The van der Waals surface area contributed by atoms with Crippen molar-refractivity contribution in [2.75, 3.05) is 13.7 Å². The van der Waals surface area contributed by atoms with Crippen LogP contribution in [0, 0.1) is 11.8 Å². The molecule has 0 aromatic heterocycles. The first-order valence-electron chi connectivity index (χ1n) is 7.47. The highest BCUT2D eigenvalue weighted by molar-refractivity contribution is 4.83. The summed E-state index contributed by atoms with van der Waals surface area (Å²) in [6.07, 6.45) is 8.59. The molecular formula is C15H31NO. The lowest BCUT2D eigenvalue weighted by molar-refractivity contribution is 0.0832. The molecule has 1 aliphatic carbocycles. The van der Waals surface area contributed by atoms with Crippen molar-refractivity contribution < 1.29 is 4.74 Å². The Labute approximate surface area is 108 Å². The fraction of sp³-hybridized carbons (Fsp3) is 1.00. The van der Waals surface area contributed by atoms with Crippen molar-refractivity contribution in [1.82, 2.24) is 5.32 Å². The molecule has 1 aliphatic rings. The van der Waals surface area contributed by atoms with Crippen molar-refractivity contribution in [3.63, 3.8) is 0 Å². The second-order valence-corrected chi connectivity index (χ2v) is 5.65. The minimum Gasteiger partial charge on any atom is -0.382 e. The molecule has 102 valence electrons. The molecule has 4 atom stereocenters. The number of hydrogen-bond donors (Lipinski definition) is 1. The van der Waals surface area contributed by atoms with Gasteiger partial charge in [0.2, 0.25) is 0 Å². The maximum absolute atomic E-state index is 5.43. The SMILES string of the molecule is CCNC(CC(C)OC)C1CCCC(CC)C1. The summed E-state index contributed by atoms with van der Waals surface area (Å²) in [5.74, 6) is 1.83. The fourth-order valence-electron chi connectivity index (χ4n) is 3.23. The second-order valence-electron chi connectivity index (χ2n) is 5.65. The maximum atomic E-state index is 5.43. The van der Waals surface area contributed by atoms with E-state index in [0.717, 1.165) is 24.8 Å². The molecule has 1 saturated carbocycles. The minimum atomic E-state index is 0.376. The molecule has 17 heavy (non-hydrogen) atoms. The van der Waals surface area contributed by atoms with Crippen LogP contribution in [0.25, 0.3) is 0 Å². The zero-order valence-corrected chi connectivity index (χ0v) is 12.2. The molecule has 4 unspecified atom stereocenters. The number of methoxy groups -OCH3 is 1. The van der Waals surface area contributed by atoms with E-state index >= 15 is 0 Å². The van der Waals surface area contributed by atoms with Crippen molar-refractivity contribution in [2.24, 2.45) is 11.8 Å². The molecule has 2 heteroatoms. The van der Waals surface area contributed by atoms with Gasteiger partial charge in [0.1, 0.15) is 0 Å². The topological polar surface area (TPSA) is 21.3 Å². The predicted molar refractivity (Wildman–Crippen MR) is 74.3 cm³/mol. The third kappa shape index (κ3) is 4.97. The van der Waals surface area contributed by atoms with E-state index in [2.05, 4.69) is 26.1 Å². The molecule has 0 aromatic rings. The van der Waals surface area contributed by atoms with Gasteiger partial charge in [0.05, 0.1) is 6.10 Å². The quantitative estimate of drug-likeness (QED) is 0.735. The first-order valence-corrected chi connectivity index (χ1v) is 7.47. The molecule has 0 aromatic carbocycles. The summed E-state index contributed by atoms with van der Waals surface area (Å²) in [5, 5.41) is 3.68. The standard InChI is InChI=1S/C15H31NO/c1-5-13-8-7-9-14(11-13)15(16-6-2)10-12(3)17-4/h12-16H,5-11H2,1-4H3. The summed E-state index contributed by atoms with van der Waals surface area (Å²) in [5.41, 5.74) is 0. The van der Waals surface area contributed by atoms with Crippen LogP contribution < -0.4 is 5.32 Å². The van der Waals surface area contributed by atoms with Crippen molar-refractivity contribution in [3.8, 4) is 0 Å². The molecule has 0 radical (unpaired) electrons. The van der Waals surface area contributed by atoms with Gasteiger partial charge in [0, 0.05) is 13.2 Å². The Balaban J connectivity index is 2.49. The van der Waals surface area contributed by atoms with Crippen molar-refractivity contribution in [3.05, 3.63) is 0 Å². The van der Waals surface area contributed by atoms with Gasteiger partial charge >= 0.3 is 0 Å². The lowest BCUT2D eigenvalue weighted by Crippen LogP contribution is -2.40. The van der Waals surface area contributed by atoms with Crippen molar-refractivity contribution in [1.29, 1.82) is 0 Å². The highest BCUT2D eigenvalue weighted by atomic mass is 16.5. The second kappa shape index (κ2) is 8.10. The average molecular weight is 241 g/mol. The van der Waals surface area contributed by atoms with Crippen LogP contribution in [-0.4, -0.2) is 25.8 Å². The first-order chi connectivity index (χ1) is 8.21. The molecule has 0 heterocycles. The minimum absolute atomic E-state index is 0.376. The number of nitrogens with one attached hydrogen (secondary N) is 1. The molecule has 0 bridgehead atoms. The molecule has 0 amide bonds. The third-order valence-electron chi connectivity index (χ3n) is 4.42. The van der Waals surface area contributed by atoms with Crippen LogP contribution in [0.5, 0.6) is 0 Å². The highest BCUT2D eigenvalue weighted by Crippen LogP contribution is 2.34. The summed E-state index contributed by atoms with van der Waals surface area (Å²) in [6, 6.07) is 0.657. The summed E-state index contributed by atoms with van der Waals surface area (Å²) in [6.45, 7) is 7.82. The maximum Gasteiger partial charge on any atom is 0.0558 e. The molecule has 0 spiro atoms. The Hall–Kier alpha value is -0.0800. The Bertz CT molecular complexity index is 195. The number of rotatable bonds is 7. The molecule has 2 nitrogen and oxygen atoms in total. The van der Waals surface area contributed by atoms with Gasteiger partial charge in [-0.25, -0.2) is 0 Å². The van der Waals surface area contributed by atoms with E-state index in [-0.39, 0.29) is 0 Å². The summed E-state index contributed by atoms with van der Waals surface area (Å²) >= 11 is 0. The monoisotopic (exact) mass is 241 g/mol. The fourth-order valence-corrected chi connectivity index (χ4v) is 3.23. The normalized spacial score (nSPS) is 28.9. The molecule has 0 aliphatic heterocycles. The lowest BCUT2D eigenvalue weighted by atomic mass is 9.75. The lowest BCUT2D eigenvalue weighted by Gasteiger charge is -2.35. The summed E-state index contributed by atoms with van der Waals surface area (Å²) in [4.78, 5) is 0. The van der Waals surface area contributed by atoms with Gasteiger partial charge in [-0.05, 0) is 44.6 Å². The summed E-state index contributed by atoms with van der Waals surface area (Å²) in [7, 11) is 1.82. The zero-order valence-electron chi connectivity index (χ0n) is 12.2. The van der Waals surface area contributed by atoms with E-state index in [1.165, 1.54) is 32.1 Å². The highest BCUT2D eigenvalue weighted by Gasteiger charge is 2.28. The van der Waals surface area contributed by atoms with E-state index in [1.807, 2.05) is 7.11 Å². The Kier molecular flexibility index (Phi) is 7.14. The van der Waals surface area contributed by atoms with Crippen LogP contribution in [0.1, 0.15) is 59.3 Å². The molecule has 1 rings (SSSR count). The van der Waals surface area contributed by atoms with E-state index in [9.17, 15) is 0 Å². The van der Waals surface area contributed by atoms with E-state index in [0.29, 0.717) is 12.1 Å². The Morgan fingerprint density at radius 2 is 2.06 bits per heavy atom. The van der Waals surface area contributed by atoms with Gasteiger partial charge in [-0.3, -0.25) is 0 Å². The van der Waals surface area contributed by atoms with Crippen LogP contribution in [-0.2, 0) is 4.74 Å². The third-order valence-corrected chi connectivity index (χ3v) is 4.42. The first kappa shape index (κ1) is 15.0. The van der Waals surface area contributed by atoms with Crippen molar-refractivity contribution >= 4 is 0 Å². The van der Waals surface area contributed by atoms with E-state index < -0.39 is 0 Å². The van der Waals surface area contributed by atoms with E-state index in [1.54, 1.807) is 0 Å². The van der Waals surface area contributed by atoms with Crippen LogP contribution in [0.2, 0.25) is 0 Å². The molecular weight excluding hydrogens is 210 g/mol. The number of ether oxygens (including phenoxy) is 1. The van der Waals surface area contributed by atoms with Crippen LogP contribution >= 0.6 is 0 Å². The number of hydrogen-bond acceptors (Lipinski definition) is 2. The Morgan fingerprint density at radius 3 is 2.65 bits per heavy atom. The van der Waals surface area contributed by atoms with Gasteiger partial charge in [0.15, 0.2) is 0 Å². The van der Waals surface area contributed by atoms with Gasteiger partial charge in [-0.2, -0.15) is 0 Å². The molecule has 1 fully saturated rings. The Morgan fingerprint density at radius 1 is 1.29 bits per heavy atom. The summed E-state index contributed by atoms with van der Waals surface area (Å²) < 4.78 is 5.43. The van der Waals surface area contributed by atoms with Gasteiger partial charge in [-0.15, -0.1) is 0 Å². The van der Waals surface area contributed by atoms with Crippen LogP contribution in [0.15, 0.2) is 0 Å². The van der Waals surface area contributed by atoms with Gasteiger partial charge in [0.25, 0.3) is 0 Å². The smallest absolute Gasteiger partial charge is 0.0558 e.